The number of fused-ring (bicyclic) bond motifs is 1. The van der Waals surface area contributed by atoms with Crippen molar-refractivity contribution in [1.82, 2.24) is 4.98 Å². The Bertz CT molecular complexity index is 1360. The zero-order valence-electron chi connectivity index (χ0n) is 15.5. The minimum Gasteiger partial charge on any atom is -0.321 e. The number of hydrogen-bond acceptors (Lipinski definition) is 4. The maximum atomic E-state index is 13.8. The molecule has 2 N–H and O–H groups in total. The fraction of sp³-hybridized carbons (Fsp3) is 0. The molecule has 0 fully saturated rings. The Morgan fingerprint density at radius 2 is 1.67 bits per heavy atom. The first-order valence-electron chi connectivity index (χ1n) is 8.96. The maximum absolute atomic E-state index is 13.8. The lowest BCUT2D eigenvalue weighted by Gasteiger charge is -2.10. The molecule has 4 aromatic rings. The van der Waals surface area contributed by atoms with Crippen LogP contribution in [0.1, 0.15) is 10.4 Å². The van der Waals surface area contributed by atoms with Gasteiger partial charge in [0, 0.05) is 10.9 Å². The van der Waals surface area contributed by atoms with E-state index in [1.807, 2.05) is 24.3 Å². The average molecular weight is 421 g/mol. The number of benzene rings is 3. The van der Waals surface area contributed by atoms with Crippen LogP contribution in [0.3, 0.4) is 0 Å². The summed E-state index contributed by atoms with van der Waals surface area (Å²) in [6, 6.07) is 20.2. The zero-order chi connectivity index (χ0) is 21.1. The number of hydrogen-bond donors (Lipinski definition) is 2. The summed E-state index contributed by atoms with van der Waals surface area (Å²) in [6.07, 6.45) is 1.53. The van der Waals surface area contributed by atoms with E-state index in [1.165, 1.54) is 48.7 Å². The summed E-state index contributed by atoms with van der Waals surface area (Å²) in [5, 5.41) is 3.57. The fourth-order valence-corrected chi connectivity index (χ4v) is 4.01. The largest absolute Gasteiger partial charge is 0.321 e. The molecule has 0 saturated heterocycles. The van der Waals surface area contributed by atoms with Crippen LogP contribution in [-0.2, 0) is 10.0 Å². The number of para-hydroxylation sites is 2. The van der Waals surface area contributed by atoms with Gasteiger partial charge in [0.2, 0.25) is 0 Å². The molecule has 150 valence electrons. The highest BCUT2D eigenvalue weighted by Crippen LogP contribution is 2.21. The topological polar surface area (TPSA) is 88.2 Å². The Morgan fingerprint density at radius 3 is 2.50 bits per heavy atom. The summed E-state index contributed by atoms with van der Waals surface area (Å²) in [5.41, 5.74) is 1.24. The van der Waals surface area contributed by atoms with Crippen LogP contribution < -0.4 is 10.0 Å². The SMILES string of the molecule is O=C(Nc1cnc2ccccc2c1)c1cccc(S(=O)(=O)Nc2ccccc2F)c1. The summed E-state index contributed by atoms with van der Waals surface area (Å²) >= 11 is 0. The van der Waals surface area contributed by atoms with Crippen LogP contribution in [0.25, 0.3) is 10.9 Å². The van der Waals surface area contributed by atoms with Crippen LogP contribution >= 0.6 is 0 Å². The molecule has 3 aromatic carbocycles. The number of nitrogens with one attached hydrogen (secondary N) is 2. The van der Waals surface area contributed by atoms with Gasteiger partial charge in [0.25, 0.3) is 15.9 Å². The molecular weight excluding hydrogens is 405 g/mol. The van der Waals surface area contributed by atoms with Gasteiger partial charge in [-0.1, -0.05) is 36.4 Å². The summed E-state index contributed by atoms with van der Waals surface area (Å²) in [6.45, 7) is 0. The molecule has 0 bridgehead atoms. The number of sulfonamides is 1. The molecular formula is C22H16FN3O3S. The van der Waals surface area contributed by atoms with Gasteiger partial charge in [-0.15, -0.1) is 0 Å². The Kier molecular flexibility index (Phi) is 5.16. The van der Waals surface area contributed by atoms with Crippen LogP contribution in [-0.4, -0.2) is 19.3 Å². The van der Waals surface area contributed by atoms with Gasteiger partial charge in [-0.25, -0.2) is 12.8 Å². The van der Waals surface area contributed by atoms with Gasteiger partial charge < -0.3 is 5.32 Å². The predicted octanol–water partition coefficient (Wildman–Crippen LogP) is 4.43. The number of carbonyl (C=O) groups excluding carboxylic acids is 1. The average Bonchev–Trinajstić information content (AvgIpc) is 2.75. The minimum absolute atomic E-state index is 0.138. The van der Waals surface area contributed by atoms with E-state index in [1.54, 1.807) is 6.07 Å². The van der Waals surface area contributed by atoms with Crippen LogP contribution in [0.15, 0.2) is 90.0 Å². The molecule has 30 heavy (non-hydrogen) atoms. The summed E-state index contributed by atoms with van der Waals surface area (Å²) < 4.78 is 41.2. The molecule has 6 nitrogen and oxygen atoms in total. The minimum atomic E-state index is -4.08. The van der Waals surface area contributed by atoms with Crippen LogP contribution in [0, 0.1) is 5.82 Å². The highest BCUT2D eigenvalue weighted by molar-refractivity contribution is 7.92. The van der Waals surface area contributed by atoms with E-state index >= 15 is 0 Å². The monoisotopic (exact) mass is 421 g/mol. The molecule has 8 heteroatoms. The number of aromatic nitrogens is 1. The van der Waals surface area contributed by atoms with Crippen molar-refractivity contribution in [3.63, 3.8) is 0 Å². The molecule has 0 saturated carbocycles. The van der Waals surface area contributed by atoms with Crippen molar-refractivity contribution in [2.75, 3.05) is 10.0 Å². The van der Waals surface area contributed by atoms with Crippen molar-refractivity contribution in [2.24, 2.45) is 0 Å². The van der Waals surface area contributed by atoms with E-state index < -0.39 is 21.7 Å². The molecule has 1 amide bonds. The third-order valence-electron chi connectivity index (χ3n) is 4.37. The standard InChI is InChI=1S/C22H16FN3O3S/c23-19-9-2-4-11-21(19)26-30(28,29)18-8-5-7-16(13-18)22(27)25-17-12-15-6-1-3-10-20(15)24-14-17/h1-14,26H,(H,25,27). The van der Waals surface area contributed by atoms with Crippen LogP contribution in [0.4, 0.5) is 15.8 Å². The first-order chi connectivity index (χ1) is 14.4. The van der Waals surface area contributed by atoms with E-state index in [0.717, 1.165) is 17.0 Å². The second-order valence-corrected chi connectivity index (χ2v) is 8.17. The second kappa shape index (κ2) is 7.92. The van der Waals surface area contributed by atoms with Crippen LogP contribution in [0.5, 0.6) is 0 Å². The lowest BCUT2D eigenvalue weighted by Crippen LogP contribution is -2.16. The normalized spacial score (nSPS) is 11.2. The number of rotatable bonds is 5. The van der Waals surface area contributed by atoms with E-state index in [9.17, 15) is 17.6 Å². The van der Waals surface area contributed by atoms with E-state index in [2.05, 4.69) is 15.0 Å². The first-order valence-corrected chi connectivity index (χ1v) is 10.4. The summed E-state index contributed by atoms with van der Waals surface area (Å²) in [4.78, 5) is 16.8. The third kappa shape index (κ3) is 4.13. The fourth-order valence-electron chi connectivity index (χ4n) is 2.89. The number of anilines is 2. The van der Waals surface area contributed by atoms with Crippen molar-refractivity contribution in [3.05, 3.63) is 96.4 Å². The summed E-state index contributed by atoms with van der Waals surface area (Å²) in [7, 11) is -4.08. The van der Waals surface area contributed by atoms with Gasteiger partial charge in [0.05, 0.1) is 28.0 Å². The number of carbonyl (C=O) groups is 1. The van der Waals surface area contributed by atoms with E-state index in [4.69, 9.17) is 0 Å². The molecule has 0 spiro atoms. The highest BCUT2D eigenvalue weighted by Gasteiger charge is 2.18. The number of amides is 1. The van der Waals surface area contributed by atoms with Crippen molar-refractivity contribution in [2.45, 2.75) is 4.90 Å². The van der Waals surface area contributed by atoms with Gasteiger partial charge in [-0.3, -0.25) is 14.5 Å². The van der Waals surface area contributed by atoms with Gasteiger partial charge >= 0.3 is 0 Å². The summed E-state index contributed by atoms with van der Waals surface area (Å²) in [5.74, 6) is -1.19. The molecule has 4 rings (SSSR count). The van der Waals surface area contributed by atoms with Crippen molar-refractivity contribution in [1.29, 1.82) is 0 Å². The van der Waals surface area contributed by atoms with E-state index in [-0.39, 0.29) is 16.1 Å². The van der Waals surface area contributed by atoms with E-state index in [0.29, 0.717) is 5.69 Å². The lowest BCUT2D eigenvalue weighted by atomic mass is 10.2. The molecule has 0 aliphatic carbocycles. The lowest BCUT2D eigenvalue weighted by molar-refractivity contribution is 0.102. The van der Waals surface area contributed by atoms with Crippen molar-refractivity contribution in [3.8, 4) is 0 Å². The Balaban J connectivity index is 1.57. The Morgan fingerprint density at radius 1 is 0.900 bits per heavy atom. The Labute approximate surface area is 172 Å². The molecule has 1 aromatic heterocycles. The number of pyridine rings is 1. The third-order valence-corrected chi connectivity index (χ3v) is 5.74. The molecule has 0 aliphatic rings. The van der Waals surface area contributed by atoms with Crippen LogP contribution in [0.2, 0.25) is 0 Å². The molecule has 0 unspecified atom stereocenters. The predicted molar refractivity (Wildman–Crippen MR) is 113 cm³/mol. The molecule has 0 atom stereocenters. The first kappa shape index (κ1) is 19.5. The highest BCUT2D eigenvalue weighted by atomic mass is 32.2. The Hall–Kier alpha value is -3.78. The quantitative estimate of drug-likeness (QED) is 0.499. The number of halogens is 1. The maximum Gasteiger partial charge on any atom is 0.262 e. The van der Waals surface area contributed by atoms with Gasteiger partial charge in [-0.05, 0) is 42.5 Å². The molecule has 1 heterocycles. The van der Waals surface area contributed by atoms with Gasteiger partial charge in [-0.2, -0.15) is 0 Å². The zero-order valence-corrected chi connectivity index (χ0v) is 16.4. The van der Waals surface area contributed by atoms with Crippen molar-refractivity contribution >= 4 is 38.2 Å². The molecule has 0 aliphatic heterocycles. The number of nitrogens with zero attached hydrogens (tertiary/aromatic N) is 1. The smallest absolute Gasteiger partial charge is 0.262 e. The second-order valence-electron chi connectivity index (χ2n) is 6.48. The van der Waals surface area contributed by atoms with Gasteiger partial charge in [0.1, 0.15) is 5.82 Å². The van der Waals surface area contributed by atoms with Crippen molar-refractivity contribution < 1.29 is 17.6 Å². The molecule has 0 radical (unpaired) electrons. The van der Waals surface area contributed by atoms with Gasteiger partial charge in [0.15, 0.2) is 0 Å².